The van der Waals surface area contributed by atoms with Crippen LogP contribution < -0.4 is 0 Å². The van der Waals surface area contributed by atoms with Crippen LogP contribution in [0.2, 0.25) is 0 Å². The van der Waals surface area contributed by atoms with Crippen LogP contribution in [-0.2, 0) is 11.2 Å². The average molecular weight is 306 g/mol. The summed E-state index contributed by atoms with van der Waals surface area (Å²) in [7, 11) is 0. The minimum absolute atomic E-state index is 0.110. The summed E-state index contributed by atoms with van der Waals surface area (Å²) in [5, 5.41) is 0. The molecule has 116 valence electrons. The molecule has 0 heterocycles. The Morgan fingerprint density at radius 3 is 2.65 bits per heavy atom. The Bertz CT molecular complexity index is 746. The van der Waals surface area contributed by atoms with Crippen LogP contribution in [0.25, 0.3) is 5.57 Å². The zero-order valence-corrected chi connectivity index (χ0v) is 12.9. The molecule has 0 saturated carbocycles. The fourth-order valence-electron chi connectivity index (χ4n) is 3.57. The lowest BCUT2D eigenvalue weighted by molar-refractivity contribution is -0.104. The molecule has 2 heteroatoms. The van der Waals surface area contributed by atoms with Gasteiger partial charge in [0.05, 0.1) is 0 Å². The van der Waals surface area contributed by atoms with Gasteiger partial charge < -0.3 is 0 Å². The van der Waals surface area contributed by atoms with Crippen LogP contribution >= 0.6 is 0 Å². The highest BCUT2D eigenvalue weighted by Gasteiger charge is 2.30. The highest BCUT2D eigenvalue weighted by atomic mass is 19.1. The monoisotopic (exact) mass is 306 g/mol. The number of fused-ring (bicyclic) bond motifs is 1. The Morgan fingerprint density at radius 2 is 1.96 bits per heavy atom. The summed E-state index contributed by atoms with van der Waals surface area (Å²) in [5.41, 5.74) is 4.04. The molecule has 1 aliphatic carbocycles. The summed E-state index contributed by atoms with van der Waals surface area (Å²) in [4.78, 5) is 11.2. The van der Waals surface area contributed by atoms with Gasteiger partial charge in [0.25, 0.3) is 0 Å². The second kappa shape index (κ2) is 6.74. The first-order valence-electron chi connectivity index (χ1n) is 7.86. The first-order valence-corrected chi connectivity index (χ1v) is 7.86. The third-order valence-corrected chi connectivity index (χ3v) is 4.63. The third-order valence-electron chi connectivity index (χ3n) is 4.63. The number of carbonyl (C=O) groups is 1. The molecule has 0 saturated heterocycles. The molecule has 2 aromatic carbocycles. The van der Waals surface area contributed by atoms with E-state index in [1.807, 2.05) is 30.3 Å². The van der Waals surface area contributed by atoms with Gasteiger partial charge in [-0.2, -0.15) is 0 Å². The fourth-order valence-corrected chi connectivity index (χ4v) is 3.57. The number of hydrogen-bond donors (Lipinski definition) is 0. The minimum atomic E-state index is -0.268. The van der Waals surface area contributed by atoms with E-state index in [1.54, 1.807) is 12.1 Å². The zero-order chi connectivity index (χ0) is 16.2. The maximum Gasteiger partial charge on any atom is 0.143 e. The van der Waals surface area contributed by atoms with Crippen LogP contribution in [0.1, 0.15) is 29.0 Å². The van der Waals surface area contributed by atoms with Crippen LogP contribution in [0.15, 0.2) is 67.3 Å². The number of aldehydes is 1. The van der Waals surface area contributed by atoms with E-state index in [0.29, 0.717) is 0 Å². The predicted molar refractivity (Wildman–Crippen MR) is 91.6 cm³/mol. The number of carbonyl (C=O) groups excluding carboxylic acids is 1. The first-order chi connectivity index (χ1) is 11.2. The highest BCUT2D eigenvalue weighted by Crippen LogP contribution is 2.43. The van der Waals surface area contributed by atoms with E-state index in [4.69, 9.17) is 0 Å². The normalized spacial score (nSPS) is 19.9. The Balaban J connectivity index is 2.07. The van der Waals surface area contributed by atoms with Gasteiger partial charge in [-0.05, 0) is 59.2 Å². The van der Waals surface area contributed by atoms with E-state index in [9.17, 15) is 9.18 Å². The Kier molecular flexibility index (Phi) is 4.52. The van der Waals surface area contributed by atoms with Gasteiger partial charge in [-0.3, -0.25) is 4.79 Å². The van der Waals surface area contributed by atoms with Gasteiger partial charge >= 0.3 is 0 Å². The number of allylic oxidation sites excluding steroid dienone is 3. The summed E-state index contributed by atoms with van der Waals surface area (Å²) in [5.74, 6) is -0.0238. The fraction of sp³-hybridized carbons (Fsp3) is 0.190. The van der Waals surface area contributed by atoms with Gasteiger partial charge in [-0.15, -0.1) is 6.58 Å². The molecule has 0 aromatic heterocycles. The second-order valence-electron chi connectivity index (χ2n) is 5.88. The molecule has 3 rings (SSSR count). The van der Waals surface area contributed by atoms with Crippen molar-refractivity contribution >= 4 is 11.9 Å². The molecule has 1 aliphatic rings. The van der Waals surface area contributed by atoms with Crippen molar-refractivity contribution in [2.24, 2.45) is 5.92 Å². The number of aryl methyl sites for hydroxylation is 1. The van der Waals surface area contributed by atoms with E-state index in [2.05, 4.69) is 18.7 Å². The van der Waals surface area contributed by atoms with E-state index in [1.165, 1.54) is 11.6 Å². The van der Waals surface area contributed by atoms with Crippen LogP contribution in [0.4, 0.5) is 4.39 Å². The molecule has 23 heavy (non-hydrogen) atoms. The summed E-state index contributed by atoms with van der Waals surface area (Å²) < 4.78 is 13.7. The lowest BCUT2D eigenvalue weighted by Gasteiger charge is -2.33. The first kappa shape index (κ1) is 15.4. The van der Waals surface area contributed by atoms with Crippen LogP contribution in [-0.4, -0.2) is 6.29 Å². The zero-order valence-electron chi connectivity index (χ0n) is 12.9. The SMILES string of the molecule is C=CC(c1ccccc1)C1CCc2ccc(F)cc2/C1=C\C=O. The Morgan fingerprint density at radius 1 is 1.17 bits per heavy atom. The molecular formula is C21H19FO. The summed E-state index contributed by atoms with van der Waals surface area (Å²) in [6.45, 7) is 3.99. The van der Waals surface area contributed by atoms with E-state index < -0.39 is 0 Å². The maximum atomic E-state index is 13.7. The number of hydrogen-bond acceptors (Lipinski definition) is 1. The van der Waals surface area contributed by atoms with Crippen molar-refractivity contribution in [3.63, 3.8) is 0 Å². The number of benzene rings is 2. The lowest BCUT2D eigenvalue weighted by atomic mass is 9.71. The molecule has 0 fully saturated rings. The molecule has 0 N–H and O–H groups in total. The topological polar surface area (TPSA) is 17.1 Å². The van der Waals surface area contributed by atoms with Crippen molar-refractivity contribution in [1.82, 2.24) is 0 Å². The molecule has 0 spiro atoms. The van der Waals surface area contributed by atoms with Crippen LogP contribution in [0, 0.1) is 11.7 Å². The molecule has 2 atom stereocenters. The number of halogens is 1. The van der Waals surface area contributed by atoms with Crippen molar-refractivity contribution in [3.8, 4) is 0 Å². The van der Waals surface area contributed by atoms with Gasteiger partial charge in [0.1, 0.15) is 12.1 Å². The van der Waals surface area contributed by atoms with Gasteiger partial charge in [-0.25, -0.2) is 4.39 Å². The number of rotatable bonds is 4. The molecule has 1 nitrogen and oxygen atoms in total. The van der Waals surface area contributed by atoms with Gasteiger partial charge in [-0.1, -0.05) is 42.5 Å². The molecule has 2 aromatic rings. The van der Waals surface area contributed by atoms with Crippen molar-refractivity contribution in [2.45, 2.75) is 18.8 Å². The lowest BCUT2D eigenvalue weighted by Crippen LogP contribution is -2.20. The Hall–Kier alpha value is -2.48. The quantitative estimate of drug-likeness (QED) is 0.444. The van der Waals surface area contributed by atoms with Crippen molar-refractivity contribution in [3.05, 3.63) is 89.8 Å². The summed E-state index contributed by atoms with van der Waals surface area (Å²) in [6, 6.07) is 15.0. The van der Waals surface area contributed by atoms with Crippen LogP contribution in [0.3, 0.4) is 0 Å². The molecule has 0 radical (unpaired) electrons. The second-order valence-corrected chi connectivity index (χ2v) is 5.88. The van der Waals surface area contributed by atoms with Gasteiger partial charge in [0.2, 0.25) is 0 Å². The van der Waals surface area contributed by atoms with Gasteiger partial charge in [0, 0.05) is 5.92 Å². The van der Waals surface area contributed by atoms with Crippen molar-refractivity contribution < 1.29 is 9.18 Å². The molecule has 0 amide bonds. The molecular weight excluding hydrogens is 287 g/mol. The highest BCUT2D eigenvalue weighted by molar-refractivity contribution is 5.84. The largest absolute Gasteiger partial charge is 0.299 e. The van der Waals surface area contributed by atoms with E-state index >= 15 is 0 Å². The standard InChI is InChI=1S/C21H19FO/c1-2-18(15-6-4-3-5-7-15)19-11-9-16-8-10-17(22)14-21(16)20(19)12-13-23/h2-8,10,12-14,18-19H,1,9,11H2/b20-12-. The van der Waals surface area contributed by atoms with E-state index in [-0.39, 0.29) is 17.7 Å². The maximum absolute atomic E-state index is 13.7. The Labute approximate surface area is 136 Å². The molecule has 2 unspecified atom stereocenters. The van der Waals surface area contributed by atoms with Gasteiger partial charge in [0.15, 0.2) is 0 Å². The van der Waals surface area contributed by atoms with E-state index in [0.717, 1.165) is 35.8 Å². The smallest absolute Gasteiger partial charge is 0.143 e. The summed E-state index contributed by atoms with van der Waals surface area (Å²) >= 11 is 0. The summed E-state index contributed by atoms with van der Waals surface area (Å²) in [6.07, 6.45) is 6.12. The van der Waals surface area contributed by atoms with Crippen molar-refractivity contribution in [2.75, 3.05) is 0 Å². The van der Waals surface area contributed by atoms with Crippen LogP contribution in [0.5, 0.6) is 0 Å². The molecule has 0 bridgehead atoms. The van der Waals surface area contributed by atoms with Crippen molar-refractivity contribution in [1.29, 1.82) is 0 Å². The molecule has 0 aliphatic heterocycles. The third kappa shape index (κ3) is 3.02. The average Bonchev–Trinajstić information content (AvgIpc) is 2.58. The predicted octanol–water partition coefficient (Wildman–Crippen LogP) is 4.94. The minimum Gasteiger partial charge on any atom is -0.299 e.